The zero-order chi connectivity index (χ0) is 8.48. The number of rotatable bonds is 2. The van der Waals surface area contributed by atoms with Gasteiger partial charge >= 0.3 is 0 Å². The fourth-order valence-electron chi connectivity index (χ4n) is 0.657. The van der Waals surface area contributed by atoms with Crippen LogP contribution in [0.3, 0.4) is 0 Å². The molecule has 0 saturated carbocycles. The Labute approximate surface area is 64.3 Å². The number of aromatic nitrogens is 1. The van der Waals surface area contributed by atoms with Crippen molar-refractivity contribution in [3.8, 4) is 0 Å². The lowest BCUT2D eigenvalue weighted by Gasteiger charge is -1.92. The fourth-order valence-corrected chi connectivity index (χ4v) is 1.32. The highest BCUT2D eigenvalue weighted by atomic mass is 32.2. The molecule has 1 rings (SSSR count). The molecule has 0 bridgehead atoms. The molecule has 0 aromatic carbocycles. The topological polar surface area (TPSA) is 86.2 Å². The van der Waals surface area contributed by atoms with Crippen LogP contribution in [0.2, 0.25) is 0 Å². The standard InChI is InChI=1S/C5H8N2O3S/c1-4-5(7-3-10-4)2-11(6,8)9/h3H,2H2,1H3,(H2,6,8,9). The fraction of sp³-hybridized carbons (Fsp3) is 0.400. The van der Waals surface area contributed by atoms with Crippen molar-refractivity contribution >= 4 is 10.0 Å². The molecule has 62 valence electrons. The van der Waals surface area contributed by atoms with Crippen LogP contribution in [0.15, 0.2) is 10.8 Å². The van der Waals surface area contributed by atoms with E-state index in [1.54, 1.807) is 6.92 Å². The summed E-state index contributed by atoms with van der Waals surface area (Å²) in [6.45, 7) is 1.63. The van der Waals surface area contributed by atoms with Crippen molar-refractivity contribution in [2.75, 3.05) is 0 Å². The minimum absolute atomic E-state index is 0.269. The normalized spacial score (nSPS) is 11.8. The Balaban J connectivity index is 2.89. The van der Waals surface area contributed by atoms with E-state index in [9.17, 15) is 8.42 Å². The molecule has 1 aromatic rings. The summed E-state index contributed by atoms with van der Waals surface area (Å²) in [4.78, 5) is 3.68. The Kier molecular flexibility index (Phi) is 1.97. The van der Waals surface area contributed by atoms with Crippen LogP contribution in [0.5, 0.6) is 0 Å². The van der Waals surface area contributed by atoms with Crippen molar-refractivity contribution in [2.45, 2.75) is 12.7 Å². The molecule has 0 amide bonds. The largest absolute Gasteiger partial charge is 0.448 e. The lowest BCUT2D eigenvalue weighted by molar-refractivity contribution is 0.524. The maximum atomic E-state index is 10.5. The highest BCUT2D eigenvalue weighted by Gasteiger charge is 2.10. The summed E-state index contributed by atoms with van der Waals surface area (Å²) in [6, 6.07) is 0. The van der Waals surface area contributed by atoms with Crippen LogP contribution in [0, 0.1) is 6.92 Å². The number of sulfonamides is 1. The van der Waals surface area contributed by atoms with Gasteiger partial charge in [0.2, 0.25) is 10.0 Å². The zero-order valence-electron chi connectivity index (χ0n) is 5.94. The van der Waals surface area contributed by atoms with Gasteiger partial charge in [-0.3, -0.25) is 0 Å². The Bertz CT molecular complexity index is 340. The molecule has 0 unspecified atom stereocenters. The average molecular weight is 176 g/mol. The van der Waals surface area contributed by atoms with Gasteiger partial charge in [-0.25, -0.2) is 18.5 Å². The van der Waals surface area contributed by atoms with E-state index >= 15 is 0 Å². The van der Waals surface area contributed by atoms with Crippen LogP contribution in [-0.2, 0) is 15.8 Å². The van der Waals surface area contributed by atoms with Crippen molar-refractivity contribution in [3.05, 3.63) is 17.8 Å². The van der Waals surface area contributed by atoms with E-state index in [2.05, 4.69) is 4.98 Å². The van der Waals surface area contributed by atoms with Crippen LogP contribution in [0.1, 0.15) is 11.5 Å². The van der Waals surface area contributed by atoms with Gasteiger partial charge in [0.1, 0.15) is 11.5 Å². The van der Waals surface area contributed by atoms with Gasteiger partial charge in [0, 0.05) is 0 Å². The van der Waals surface area contributed by atoms with Gasteiger partial charge in [-0.1, -0.05) is 0 Å². The molecule has 5 nitrogen and oxygen atoms in total. The summed E-state index contributed by atoms with van der Waals surface area (Å²) in [6.07, 6.45) is 1.19. The first-order valence-electron chi connectivity index (χ1n) is 2.88. The second-order valence-electron chi connectivity index (χ2n) is 2.16. The molecule has 0 aliphatic carbocycles. The molecule has 0 aliphatic rings. The first-order valence-corrected chi connectivity index (χ1v) is 4.60. The van der Waals surface area contributed by atoms with Crippen molar-refractivity contribution < 1.29 is 12.8 Å². The summed E-state index contributed by atoms with van der Waals surface area (Å²) in [5, 5.41) is 4.79. The van der Waals surface area contributed by atoms with Crippen LogP contribution < -0.4 is 5.14 Å². The SMILES string of the molecule is Cc1ocnc1CS(N)(=O)=O. The molecule has 0 atom stereocenters. The van der Waals surface area contributed by atoms with Gasteiger partial charge in [-0.05, 0) is 6.92 Å². The Morgan fingerprint density at radius 2 is 2.36 bits per heavy atom. The first-order chi connectivity index (χ1) is 4.99. The van der Waals surface area contributed by atoms with E-state index < -0.39 is 10.0 Å². The molecule has 0 aliphatic heterocycles. The van der Waals surface area contributed by atoms with Gasteiger partial charge in [0.15, 0.2) is 6.39 Å². The molecule has 1 heterocycles. The summed E-state index contributed by atoms with van der Waals surface area (Å²) >= 11 is 0. The van der Waals surface area contributed by atoms with Gasteiger partial charge in [0.25, 0.3) is 0 Å². The third-order valence-corrected chi connectivity index (χ3v) is 1.86. The average Bonchev–Trinajstić information content (AvgIpc) is 2.12. The summed E-state index contributed by atoms with van der Waals surface area (Å²) < 4.78 is 25.9. The number of nitrogens with two attached hydrogens (primary N) is 1. The summed E-state index contributed by atoms with van der Waals surface area (Å²) in [5.74, 6) is 0.217. The predicted molar refractivity (Wildman–Crippen MR) is 38.1 cm³/mol. The lowest BCUT2D eigenvalue weighted by Crippen LogP contribution is -2.15. The van der Waals surface area contributed by atoms with Gasteiger partial charge in [0.05, 0.1) is 5.69 Å². The second-order valence-corrected chi connectivity index (χ2v) is 3.78. The Hall–Kier alpha value is -0.880. The predicted octanol–water partition coefficient (Wildman–Crippen LogP) is -0.228. The van der Waals surface area contributed by atoms with Gasteiger partial charge in [-0.2, -0.15) is 0 Å². The van der Waals surface area contributed by atoms with Crippen LogP contribution in [0.4, 0.5) is 0 Å². The number of nitrogens with zero attached hydrogens (tertiary/aromatic N) is 1. The summed E-state index contributed by atoms with van der Waals surface area (Å²) in [7, 11) is -3.49. The minimum atomic E-state index is -3.49. The third kappa shape index (κ3) is 2.32. The van der Waals surface area contributed by atoms with Gasteiger partial charge in [-0.15, -0.1) is 0 Å². The van der Waals surface area contributed by atoms with Crippen molar-refractivity contribution in [1.82, 2.24) is 4.98 Å². The van der Waals surface area contributed by atoms with Crippen molar-refractivity contribution in [2.24, 2.45) is 5.14 Å². The number of oxazole rings is 1. The number of hydrogen-bond acceptors (Lipinski definition) is 4. The molecular formula is C5H8N2O3S. The lowest BCUT2D eigenvalue weighted by atomic mass is 10.4. The molecule has 1 aromatic heterocycles. The Morgan fingerprint density at radius 3 is 2.73 bits per heavy atom. The van der Waals surface area contributed by atoms with E-state index in [4.69, 9.17) is 9.56 Å². The maximum Gasteiger partial charge on any atom is 0.214 e. The molecule has 0 fully saturated rings. The minimum Gasteiger partial charge on any atom is -0.448 e. The number of primary sulfonamides is 1. The Morgan fingerprint density at radius 1 is 1.73 bits per heavy atom. The van der Waals surface area contributed by atoms with E-state index in [0.717, 1.165) is 0 Å². The van der Waals surface area contributed by atoms with E-state index in [1.807, 2.05) is 0 Å². The van der Waals surface area contributed by atoms with E-state index in [-0.39, 0.29) is 5.75 Å². The third-order valence-electron chi connectivity index (χ3n) is 1.18. The summed E-state index contributed by atoms with van der Waals surface area (Å²) in [5.41, 5.74) is 0.368. The quantitative estimate of drug-likeness (QED) is 0.674. The molecule has 11 heavy (non-hydrogen) atoms. The van der Waals surface area contributed by atoms with Gasteiger partial charge < -0.3 is 4.42 Å². The number of aryl methyl sites for hydroxylation is 1. The molecule has 2 N–H and O–H groups in total. The molecular weight excluding hydrogens is 168 g/mol. The maximum absolute atomic E-state index is 10.5. The molecule has 0 radical (unpaired) electrons. The van der Waals surface area contributed by atoms with E-state index in [1.165, 1.54) is 6.39 Å². The monoisotopic (exact) mass is 176 g/mol. The smallest absolute Gasteiger partial charge is 0.214 e. The van der Waals surface area contributed by atoms with Crippen molar-refractivity contribution in [1.29, 1.82) is 0 Å². The highest BCUT2D eigenvalue weighted by molar-refractivity contribution is 7.88. The number of hydrogen-bond donors (Lipinski definition) is 1. The van der Waals surface area contributed by atoms with E-state index in [0.29, 0.717) is 11.5 Å². The van der Waals surface area contributed by atoms with Crippen molar-refractivity contribution in [3.63, 3.8) is 0 Å². The van der Waals surface area contributed by atoms with Crippen LogP contribution in [-0.4, -0.2) is 13.4 Å². The first kappa shape index (κ1) is 8.22. The highest BCUT2D eigenvalue weighted by Crippen LogP contribution is 2.06. The van der Waals surface area contributed by atoms with Crippen LogP contribution in [0.25, 0.3) is 0 Å². The molecule has 0 saturated heterocycles. The molecule has 0 spiro atoms. The zero-order valence-corrected chi connectivity index (χ0v) is 6.76. The molecule has 6 heteroatoms. The van der Waals surface area contributed by atoms with Crippen LogP contribution >= 0.6 is 0 Å². The second kappa shape index (κ2) is 2.63.